The second kappa shape index (κ2) is 7.36. The Morgan fingerprint density at radius 2 is 1.92 bits per heavy atom. The molecule has 0 saturated carbocycles. The molecule has 0 aliphatic carbocycles. The summed E-state index contributed by atoms with van der Waals surface area (Å²) in [6, 6.07) is 11.4. The highest BCUT2D eigenvalue weighted by atomic mass is 16.6. The maximum atomic E-state index is 11.0. The minimum atomic E-state index is -0.603. The van der Waals surface area contributed by atoms with Gasteiger partial charge in [0, 0.05) is 6.07 Å². The Morgan fingerprint density at radius 3 is 2.64 bits per heavy atom. The molecule has 0 amide bonds. The molecule has 25 heavy (non-hydrogen) atoms. The molecule has 0 saturated heterocycles. The number of aromatic hydroxyl groups is 2. The maximum absolute atomic E-state index is 11.0. The molecule has 130 valence electrons. The number of nitro groups is 1. The van der Waals surface area contributed by atoms with Gasteiger partial charge in [-0.25, -0.2) is 0 Å². The monoisotopic (exact) mass is 341 g/mol. The molecule has 0 unspecified atom stereocenters. The third-order valence-electron chi connectivity index (χ3n) is 4.26. The van der Waals surface area contributed by atoms with Gasteiger partial charge in [-0.05, 0) is 48.6 Å². The van der Waals surface area contributed by atoms with Crippen LogP contribution in [0, 0.1) is 10.1 Å². The highest BCUT2D eigenvalue weighted by molar-refractivity contribution is 5.48. The summed E-state index contributed by atoms with van der Waals surface area (Å²) >= 11 is 0. The topological polar surface area (TPSA) is 92.8 Å². The van der Waals surface area contributed by atoms with E-state index in [4.69, 9.17) is 4.74 Å². The first-order valence-electron chi connectivity index (χ1n) is 8.10. The first-order valence-corrected chi connectivity index (χ1v) is 8.10. The van der Waals surface area contributed by atoms with Crippen LogP contribution in [0.1, 0.15) is 30.1 Å². The van der Waals surface area contributed by atoms with Crippen molar-refractivity contribution in [3.05, 3.63) is 75.9 Å². The molecular weight excluding hydrogens is 322 g/mol. The minimum absolute atomic E-state index is 0.0108. The van der Waals surface area contributed by atoms with E-state index in [1.807, 2.05) is 24.3 Å². The van der Waals surface area contributed by atoms with Crippen molar-refractivity contribution in [1.82, 2.24) is 0 Å². The number of rotatable bonds is 5. The SMILES string of the molecule is O=[N+]([O-])c1cc([C@H]2C=CC[C@H](CCc3ccc(O)cc3)O2)ccc1O. The van der Waals surface area contributed by atoms with E-state index >= 15 is 0 Å². The summed E-state index contributed by atoms with van der Waals surface area (Å²) in [5.41, 5.74) is 1.45. The fourth-order valence-electron chi connectivity index (χ4n) is 2.89. The highest BCUT2D eigenvalue weighted by Crippen LogP contribution is 2.33. The van der Waals surface area contributed by atoms with Gasteiger partial charge in [0.1, 0.15) is 11.9 Å². The Labute approximate surface area is 145 Å². The molecule has 6 nitrogen and oxygen atoms in total. The van der Waals surface area contributed by atoms with Crippen LogP contribution in [-0.4, -0.2) is 21.2 Å². The van der Waals surface area contributed by atoms with E-state index < -0.39 is 4.92 Å². The molecule has 0 radical (unpaired) electrons. The van der Waals surface area contributed by atoms with Gasteiger partial charge in [0.05, 0.1) is 11.0 Å². The van der Waals surface area contributed by atoms with Crippen molar-refractivity contribution in [2.24, 2.45) is 0 Å². The lowest BCUT2D eigenvalue weighted by molar-refractivity contribution is -0.386. The van der Waals surface area contributed by atoms with Crippen LogP contribution in [-0.2, 0) is 11.2 Å². The number of phenols is 2. The zero-order chi connectivity index (χ0) is 17.8. The van der Waals surface area contributed by atoms with Gasteiger partial charge >= 0.3 is 5.69 Å². The number of nitrogens with zero attached hydrogens (tertiary/aromatic N) is 1. The minimum Gasteiger partial charge on any atom is -0.508 e. The number of phenolic OH excluding ortho intramolecular Hbond substituents is 2. The van der Waals surface area contributed by atoms with E-state index in [1.54, 1.807) is 18.2 Å². The van der Waals surface area contributed by atoms with E-state index in [2.05, 4.69) is 0 Å². The normalized spacial score (nSPS) is 19.7. The molecule has 1 aliphatic rings. The van der Waals surface area contributed by atoms with E-state index in [-0.39, 0.29) is 29.4 Å². The molecule has 0 bridgehead atoms. The number of aryl methyl sites for hydroxylation is 1. The lowest BCUT2D eigenvalue weighted by atomic mass is 10.00. The summed E-state index contributed by atoms with van der Waals surface area (Å²) in [7, 11) is 0. The van der Waals surface area contributed by atoms with E-state index in [9.17, 15) is 20.3 Å². The summed E-state index contributed by atoms with van der Waals surface area (Å²) in [6.07, 6.45) is 5.97. The number of benzene rings is 2. The molecule has 6 heteroatoms. The average Bonchev–Trinajstić information content (AvgIpc) is 2.61. The Hall–Kier alpha value is -2.86. The summed E-state index contributed by atoms with van der Waals surface area (Å²) in [5.74, 6) is -0.105. The molecule has 1 heterocycles. The van der Waals surface area contributed by atoms with Gasteiger partial charge in [0.25, 0.3) is 0 Å². The largest absolute Gasteiger partial charge is 0.508 e. The average molecular weight is 341 g/mol. The third-order valence-corrected chi connectivity index (χ3v) is 4.26. The first kappa shape index (κ1) is 17.0. The van der Waals surface area contributed by atoms with Crippen molar-refractivity contribution in [2.45, 2.75) is 31.5 Å². The Balaban J connectivity index is 1.66. The van der Waals surface area contributed by atoms with Crippen molar-refractivity contribution in [1.29, 1.82) is 0 Å². The fraction of sp³-hybridized carbons (Fsp3) is 0.263. The van der Waals surface area contributed by atoms with E-state index in [0.717, 1.165) is 24.8 Å². The van der Waals surface area contributed by atoms with Gasteiger partial charge in [-0.3, -0.25) is 10.1 Å². The van der Waals surface area contributed by atoms with Crippen molar-refractivity contribution in [2.75, 3.05) is 0 Å². The molecule has 0 spiro atoms. The van der Waals surface area contributed by atoms with Crippen LogP contribution >= 0.6 is 0 Å². The third kappa shape index (κ3) is 4.16. The van der Waals surface area contributed by atoms with Crippen LogP contribution in [0.4, 0.5) is 5.69 Å². The fourth-order valence-corrected chi connectivity index (χ4v) is 2.89. The molecular formula is C19H19NO5. The van der Waals surface area contributed by atoms with E-state index in [1.165, 1.54) is 12.1 Å². The van der Waals surface area contributed by atoms with Gasteiger partial charge in [-0.2, -0.15) is 0 Å². The van der Waals surface area contributed by atoms with Crippen LogP contribution in [0.5, 0.6) is 11.5 Å². The van der Waals surface area contributed by atoms with Crippen molar-refractivity contribution in [3.8, 4) is 11.5 Å². The van der Waals surface area contributed by atoms with Gasteiger partial charge in [0.2, 0.25) is 0 Å². The number of hydrogen-bond acceptors (Lipinski definition) is 5. The van der Waals surface area contributed by atoms with Crippen LogP contribution in [0.3, 0.4) is 0 Å². The quantitative estimate of drug-likeness (QED) is 0.487. The Bertz CT molecular complexity index is 785. The predicted molar refractivity (Wildman–Crippen MR) is 92.6 cm³/mol. The van der Waals surface area contributed by atoms with E-state index in [0.29, 0.717) is 5.56 Å². The van der Waals surface area contributed by atoms with Gasteiger partial charge in [-0.15, -0.1) is 0 Å². The molecule has 2 N–H and O–H groups in total. The number of nitro benzene ring substituents is 1. The smallest absolute Gasteiger partial charge is 0.311 e. The Kier molecular flexibility index (Phi) is 5.00. The zero-order valence-electron chi connectivity index (χ0n) is 13.5. The molecule has 0 aromatic heterocycles. The summed E-state index contributed by atoms with van der Waals surface area (Å²) in [5, 5.41) is 29.9. The molecule has 0 fully saturated rings. The van der Waals surface area contributed by atoms with Crippen molar-refractivity contribution < 1.29 is 19.9 Å². The number of hydrogen-bond donors (Lipinski definition) is 2. The standard InChI is InChI=1S/C19H19NO5/c21-15-8-4-13(5-9-15)6-10-16-2-1-3-19(25-16)14-7-11-18(22)17(12-14)20(23)24/h1,3-5,7-9,11-12,16,19,21-22H,2,6,10H2/t16-,19-/m1/s1. The van der Waals surface area contributed by atoms with Crippen molar-refractivity contribution >= 4 is 5.69 Å². The lowest BCUT2D eigenvalue weighted by Crippen LogP contribution is -2.19. The van der Waals surface area contributed by atoms with Gasteiger partial charge in [0.15, 0.2) is 5.75 Å². The van der Waals surface area contributed by atoms with Crippen LogP contribution in [0.25, 0.3) is 0 Å². The van der Waals surface area contributed by atoms with Crippen LogP contribution < -0.4 is 0 Å². The highest BCUT2D eigenvalue weighted by Gasteiger charge is 2.22. The summed E-state index contributed by atoms with van der Waals surface area (Å²) in [6.45, 7) is 0. The first-order chi connectivity index (χ1) is 12.0. The van der Waals surface area contributed by atoms with Crippen molar-refractivity contribution in [3.63, 3.8) is 0 Å². The summed E-state index contributed by atoms with van der Waals surface area (Å²) < 4.78 is 6.05. The molecule has 3 rings (SSSR count). The Morgan fingerprint density at radius 1 is 1.16 bits per heavy atom. The molecule has 1 aliphatic heterocycles. The van der Waals surface area contributed by atoms with Crippen LogP contribution in [0.2, 0.25) is 0 Å². The second-order valence-corrected chi connectivity index (χ2v) is 6.05. The molecule has 2 aromatic carbocycles. The lowest BCUT2D eigenvalue weighted by Gasteiger charge is -2.26. The molecule has 2 atom stereocenters. The predicted octanol–water partition coefficient (Wildman–Crippen LogP) is 4.03. The maximum Gasteiger partial charge on any atom is 0.311 e. The second-order valence-electron chi connectivity index (χ2n) is 6.05. The van der Waals surface area contributed by atoms with Crippen LogP contribution in [0.15, 0.2) is 54.6 Å². The number of ether oxygens (including phenoxy) is 1. The zero-order valence-corrected chi connectivity index (χ0v) is 13.5. The van der Waals surface area contributed by atoms with Gasteiger partial charge < -0.3 is 14.9 Å². The summed E-state index contributed by atoms with van der Waals surface area (Å²) in [4.78, 5) is 10.4. The van der Waals surface area contributed by atoms with Gasteiger partial charge in [-0.1, -0.05) is 30.4 Å². The molecule has 2 aromatic rings.